The number of rotatable bonds is 8. The Labute approximate surface area is 190 Å². The van der Waals surface area contributed by atoms with Crippen molar-refractivity contribution in [2.45, 2.75) is 25.4 Å². The molecule has 2 unspecified atom stereocenters. The highest BCUT2D eigenvalue weighted by Gasteiger charge is 2.25. The lowest BCUT2D eigenvalue weighted by molar-refractivity contribution is -0.384. The molecule has 0 spiro atoms. The Morgan fingerprint density at radius 3 is 2.19 bits per heavy atom. The Morgan fingerprint density at radius 2 is 1.59 bits per heavy atom. The van der Waals surface area contributed by atoms with Crippen molar-refractivity contribution in [1.82, 2.24) is 10.6 Å². The van der Waals surface area contributed by atoms with E-state index < -0.39 is 16.9 Å². The lowest BCUT2D eigenvalue weighted by atomic mass is 10.0. The van der Waals surface area contributed by atoms with E-state index in [4.69, 9.17) is 11.6 Å². The van der Waals surface area contributed by atoms with Crippen LogP contribution < -0.4 is 10.6 Å². The summed E-state index contributed by atoms with van der Waals surface area (Å²) in [7, 11) is 0. The first kappa shape index (κ1) is 23.0. The van der Waals surface area contributed by atoms with E-state index in [9.17, 15) is 19.7 Å². The number of non-ortho nitro benzene ring substituents is 1. The monoisotopic (exact) mass is 451 g/mol. The van der Waals surface area contributed by atoms with Gasteiger partial charge in [0, 0.05) is 18.6 Å². The van der Waals surface area contributed by atoms with Crippen LogP contribution in [0.5, 0.6) is 0 Å². The van der Waals surface area contributed by atoms with Gasteiger partial charge in [-0.1, -0.05) is 72.3 Å². The lowest BCUT2D eigenvalue weighted by Gasteiger charge is -2.22. The van der Waals surface area contributed by atoms with E-state index in [-0.39, 0.29) is 34.6 Å². The van der Waals surface area contributed by atoms with E-state index in [1.54, 1.807) is 0 Å². The number of nitro benzene ring substituents is 1. The van der Waals surface area contributed by atoms with Crippen molar-refractivity contribution in [3.8, 4) is 0 Å². The predicted molar refractivity (Wildman–Crippen MR) is 123 cm³/mol. The van der Waals surface area contributed by atoms with Crippen LogP contribution in [0, 0.1) is 10.1 Å². The summed E-state index contributed by atoms with van der Waals surface area (Å²) in [5, 5.41) is 16.5. The molecule has 3 aromatic carbocycles. The molecule has 7 nitrogen and oxygen atoms in total. The summed E-state index contributed by atoms with van der Waals surface area (Å²) in [5.41, 5.74) is 1.64. The molecule has 0 fully saturated rings. The summed E-state index contributed by atoms with van der Waals surface area (Å²) in [6.45, 7) is 1.86. The molecule has 0 heterocycles. The number of halogens is 1. The molecule has 0 saturated carbocycles. The second kappa shape index (κ2) is 10.5. The van der Waals surface area contributed by atoms with Gasteiger partial charge >= 0.3 is 0 Å². The molecule has 8 heteroatoms. The van der Waals surface area contributed by atoms with Crippen molar-refractivity contribution >= 4 is 29.1 Å². The van der Waals surface area contributed by atoms with Crippen molar-refractivity contribution in [2.24, 2.45) is 0 Å². The summed E-state index contributed by atoms with van der Waals surface area (Å²) < 4.78 is 0. The van der Waals surface area contributed by atoms with Crippen LogP contribution in [-0.2, 0) is 11.2 Å². The second-order valence-electron chi connectivity index (χ2n) is 7.28. The predicted octanol–water partition coefficient (Wildman–Crippen LogP) is 4.47. The van der Waals surface area contributed by atoms with E-state index in [1.807, 2.05) is 67.6 Å². The van der Waals surface area contributed by atoms with Gasteiger partial charge in [0.1, 0.15) is 6.04 Å². The maximum Gasteiger partial charge on any atom is 0.270 e. The minimum Gasteiger partial charge on any atom is -0.348 e. The number of hydrogen-bond acceptors (Lipinski definition) is 4. The average Bonchev–Trinajstić information content (AvgIpc) is 2.79. The topological polar surface area (TPSA) is 101 Å². The van der Waals surface area contributed by atoms with Gasteiger partial charge in [0.25, 0.3) is 11.6 Å². The highest BCUT2D eigenvalue weighted by molar-refractivity contribution is 6.34. The Bertz CT molecular complexity index is 1110. The van der Waals surface area contributed by atoms with Gasteiger partial charge < -0.3 is 10.6 Å². The molecule has 2 amide bonds. The second-order valence-corrected chi connectivity index (χ2v) is 7.69. The molecular formula is C24H22ClN3O4. The van der Waals surface area contributed by atoms with Crippen LogP contribution in [0.3, 0.4) is 0 Å². The number of nitrogens with zero attached hydrogens (tertiary/aromatic N) is 1. The molecule has 0 aliphatic rings. The first-order valence-electron chi connectivity index (χ1n) is 9.99. The highest BCUT2D eigenvalue weighted by atomic mass is 35.5. The standard InChI is InChI=1S/C24H22ClN3O4/c1-16(18-10-6-3-7-11-18)26-24(30)22(14-17-8-4-2-5-9-17)27-23(29)20-13-12-19(28(31)32)15-21(20)25/h2-13,15-16,22H,14H2,1H3,(H,26,30)(H,27,29). The number of nitrogens with one attached hydrogen (secondary N) is 2. The number of nitro groups is 1. The Morgan fingerprint density at radius 1 is 0.969 bits per heavy atom. The van der Waals surface area contributed by atoms with Gasteiger partial charge in [0.15, 0.2) is 0 Å². The normalized spacial score (nSPS) is 12.4. The molecule has 0 radical (unpaired) electrons. The van der Waals surface area contributed by atoms with Gasteiger partial charge in [-0.2, -0.15) is 0 Å². The van der Waals surface area contributed by atoms with Crippen LogP contribution in [0.2, 0.25) is 5.02 Å². The van der Waals surface area contributed by atoms with Crippen molar-refractivity contribution < 1.29 is 14.5 Å². The zero-order valence-corrected chi connectivity index (χ0v) is 18.1. The molecule has 3 aromatic rings. The largest absolute Gasteiger partial charge is 0.348 e. The summed E-state index contributed by atoms with van der Waals surface area (Å²) in [5.74, 6) is -0.940. The fourth-order valence-electron chi connectivity index (χ4n) is 3.24. The molecule has 2 atom stereocenters. The number of amides is 2. The van der Waals surface area contributed by atoms with Gasteiger partial charge in [0.2, 0.25) is 5.91 Å². The number of benzene rings is 3. The van der Waals surface area contributed by atoms with E-state index in [1.165, 1.54) is 12.1 Å². The van der Waals surface area contributed by atoms with Crippen molar-refractivity contribution in [1.29, 1.82) is 0 Å². The third-order valence-electron chi connectivity index (χ3n) is 4.97. The lowest BCUT2D eigenvalue weighted by Crippen LogP contribution is -2.48. The fourth-order valence-corrected chi connectivity index (χ4v) is 3.50. The molecule has 0 aromatic heterocycles. The molecule has 0 aliphatic heterocycles. The van der Waals surface area contributed by atoms with E-state index in [0.29, 0.717) is 0 Å². The van der Waals surface area contributed by atoms with Gasteiger partial charge in [-0.25, -0.2) is 0 Å². The highest BCUT2D eigenvalue weighted by Crippen LogP contribution is 2.22. The summed E-state index contributed by atoms with van der Waals surface area (Å²) in [6.07, 6.45) is 0.268. The molecule has 164 valence electrons. The Kier molecular flexibility index (Phi) is 7.57. The maximum atomic E-state index is 13.1. The smallest absolute Gasteiger partial charge is 0.270 e. The molecule has 3 rings (SSSR count). The molecule has 0 bridgehead atoms. The van der Waals surface area contributed by atoms with Crippen molar-refractivity contribution in [3.63, 3.8) is 0 Å². The summed E-state index contributed by atoms with van der Waals surface area (Å²) in [4.78, 5) is 36.3. The van der Waals surface area contributed by atoms with Gasteiger partial charge in [-0.15, -0.1) is 0 Å². The van der Waals surface area contributed by atoms with E-state index >= 15 is 0 Å². The number of carbonyl (C=O) groups excluding carboxylic acids is 2. The van der Waals surface area contributed by atoms with Crippen LogP contribution in [-0.4, -0.2) is 22.8 Å². The van der Waals surface area contributed by atoms with Crippen LogP contribution in [0.4, 0.5) is 5.69 Å². The van der Waals surface area contributed by atoms with Crippen molar-refractivity contribution in [2.75, 3.05) is 0 Å². The number of carbonyl (C=O) groups is 2. The summed E-state index contributed by atoms with van der Waals surface area (Å²) in [6, 6.07) is 21.2. The Balaban J connectivity index is 1.80. The van der Waals surface area contributed by atoms with Gasteiger partial charge in [0.05, 0.1) is 21.6 Å². The first-order valence-corrected chi connectivity index (χ1v) is 10.4. The summed E-state index contributed by atoms with van der Waals surface area (Å²) >= 11 is 6.09. The van der Waals surface area contributed by atoms with E-state index in [2.05, 4.69) is 10.6 Å². The molecular weight excluding hydrogens is 430 g/mol. The zero-order valence-electron chi connectivity index (χ0n) is 17.3. The quantitative estimate of drug-likeness (QED) is 0.389. The molecule has 32 heavy (non-hydrogen) atoms. The van der Waals surface area contributed by atoms with E-state index in [0.717, 1.165) is 17.2 Å². The third kappa shape index (κ3) is 5.92. The van der Waals surface area contributed by atoms with Gasteiger partial charge in [-0.05, 0) is 24.1 Å². The van der Waals surface area contributed by atoms with Crippen LogP contribution in [0.1, 0.15) is 34.5 Å². The van der Waals surface area contributed by atoms with Crippen molar-refractivity contribution in [3.05, 3.63) is 111 Å². The van der Waals surface area contributed by atoms with Crippen LogP contribution in [0.15, 0.2) is 78.9 Å². The molecule has 0 aliphatic carbocycles. The molecule has 0 saturated heterocycles. The van der Waals surface area contributed by atoms with Crippen LogP contribution in [0.25, 0.3) is 0 Å². The number of hydrogen-bond donors (Lipinski definition) is 2. The SMILES string of the molecule is CC(NC(=O)C(Cc1ccccc1)NC(=O)c1ccc([N+](=O)[O-])cc1Cl)c1ccccc1. The average molecular weight is 452 g/mol. The fraction of sp³-hybridized carbons (Fsp3) is 0.167. The maximum absolute atomic E-state index is 13.1. The minimum absolute atomic E-state index is 0.0548. The zero-order chi connectivity index (χ0) is 23.1. The van der Waals surface area contributed by atoms with Crippen LogP contribution >= 0.6 is 11.6 Å². The first-order chi connectivity index (χ1) is 15.3. The minimum atomic E-state index is -0.873. The third-order valence-corrected chi connectivity index (χ3v) is 5.28. The van der Waals surface area contributed by atoms with Gasteiger partial charge in [-0.3, -0.25) is 19.7 Å². The molecule has 2 N–H and O–H groups in total. The Hall–Kier alpha value is -3.71.